The molecule has 0 atom stereocenters. The van der Waals surface area contributed by atoms with Crippen LogP contribution in [-0.2, 0) is 14.6 Å². The summed E-state index contributed by atoms with van der Waals surface area (Å²) >= 11 is 0. The van der Waals surface area contributed by atoms with Gasteiger partial charge in [0.15, 0.2) is 0 Å². The summed E-state index contributed by atoms with van der Waals surface area (Å²) in [4.78, 5) is 0. The lowest BCUT2D eigenvalue weighted by Crippen LogP contribution is -2.10. The Morgan fingerprint density at radius 1 is 1.23 bits per heavy atom. The highest BCUT2D eigenvalue weighted by molar-refractivity contribution is 7.82. The normalized spacial score (nSPS) is 11.2. The molecule has 0 aromatic heterocycles. The molecular formula is C7H7FO4S. The molecule has 0 bridgehead atoms. The largest absolute Gasteiger partial charge is 0.448 e. The number of benzene rings is 1. The van der Waals surface area contributed by atoms with Gasteiger partial charge < -0.3 is 4.18 Å². The summed E-state index contributed by atoms with van der Waals surface area (Å²) in [6, 6.07) is 4.54. The summed E-state index contributed by atoms with van der Waals surface area (Å²) in [7, 11) is -3.04. The van der Waals surface area contributed by atoms with Crippen LogP contribution in [-0.4, -0.2) is 15.5 Å². The van der Waals surface area contributed by atoms with Crippen LogP contribution < -0.4 is 4.18 Å². The second-order valence-corrected chi connectivity index (χ2v) is 3.43. The smallest absolute Gasteiger partial charge is 0.362 e. The van der Waals surface area contributed by atoms with E-state index in [1.165, 1.54) is 12.1 Å². The molecule has 0 saturated carbocycles. The van der Waals surface area contributed by atoms with E-state index in [4.69, 9.17) is 0 Å². The highest BCUT2D eigenvalue weighted by Gasteiger charge is 2.10. The zero-order chi connectivity index (χ0) is 9.90. The molecular weight excluding hydrogens is 199 g/mol. The molecule has 0 unspecified atom stereocenters. The average molecular weight is 206 g/mol. The summed E-state index contributed by atoms with van der Waals surface area (Å²) in [5.74, 6) is -0.467. The van der Waals surface area contributed by atoms with Crippen molar-refractivity contribution in [2.75, 3.05) is 7.11 Å². The molecule has 0 aliphatic heterocycles. The third-order valence-corrected chi connectivity index (χ3v) is 2.02. The van der Waals surface area contributed by atoms with Crippen LogP contribution in [0.1, 0.15) is 0 Å². The van der Waals surface area contributed by atoms with E-state index in [1.54, 1.807) is 0 Å². The Morgan fingerprint density at radius 3 is 2.23 bits per heavy atom. The Balaban J connectivity index is 2.82. The molecule has 0 saturated heterocycles. The maximum atomic E-state index is 12.4. The van der Waals surface area contributed by atoms with Gasteiger partial charge in [0.25, 0.3) is 0 Å². The first kappa shape index (κ1) is 9.94. The second-order valence-electron chi connectivity index (χ2n) is 2.11. The minimum atomic E-state index is -4.01. The summed E-state index contributed by atoms with van der Waals surface area (Å²) in [5, 5.41) is 0. The standard InChI is InChI=1S/C7H7FO4S/c1-11-13(9,10)12-7-4-2-6(8)3-5-7/h2-5H,1H3. The predicted molar refractivity (Wildman–Crippen MR) is 43.0 cm³/mol. The van der Waals surface area contributed by atoms with Crippen molar-refractivity contribution >= 4 is 10.4 Å². The van der Waals surface area contributed by atoms with Crippen LogP contribution in [0, 0.1) is 5.82 Å². The first-order valence-corrected chi connectivity index (χ1v) is 4.62. The van der Waals surface area contributed by atoms with Gasteiger partial charge in [-0.2, -0.15) is 8.42 Å². The fourth-order valence-electron chi connectivity index (χ4n) is 0.642. The second kappa shape index (κ2) is 3.71. The third kappa shape index (κ3) is 3.00. The topological polar surface area (TPSA) is 52.6 Å². The van der Waals surface area contributed by atoms with Crippen molar-refractivity contribution < 1.29 is 21.2 Å². The summed E-state index contributed by atoms with van der Waals surface area (Å²) in [5.41, 5.74) is 0. The SMILES string of the molecule is COS(=O)(=O)Oc1ccc(F)cc1. The van der Waals surface area contributed by atoms with Crippen molar-refractivity contribution in [1.29, 1.82) is 0 Å². The maximum Gasteiger partial charge on any atom is 0.448 e. The minimum Gasteiger partial charge on any atom is -0.362 e. The van der Waals surface area contributed by atoms with E-state index < -0.39 is 16.2 Å². The van der Waals surface area contributed by atoms with E-state index in [1.807, 2.05) is 0 Å². The first-order chi connectivity index (χ1) is 6.03. The van der Waals surface area contributed by atoms with Crippen LogP contribution in [0.3, 0.4) is 0 Å². The van der Waals surface area contributed by atoms with Crippen LogP contribution >= 0.6 is 0 Å². The van der Waals surface area contributed by atoms with E-state index >= 15 is 0 Å². The van der Waals surface area contributed by atoms with Gasteiger partial charge in [0.2, 0.25) is 0 Å². The van der Waals surface area contributed by atoms with Crippen LogP contribution in [0.15, 0.2) is 24.3 Å². The number of hydrogen-bond donors (Lipinski definition) is 0. The molecule has 0 amide bonds. The van der Waals surface area contributed by atoms with Crippen molar-refractivity contribution in [2.24, 2.45) is 0 Å². The molecule has 0 aliphatic carbocycles. The van der Waals surface area contributed by atoms with Crippen molar-refractivity contribution in [3.05, 3.63) is 30.1 Å². The summed E-state index contributed by atoms with van der Waals surface area (Å²) in [6.45, 7) is 0. The van der Waals surface area contributed by atoms with Gasteiger partial charge in [-0.1, -0.05) is 0 Å². The summed E-state index contributed by atoms with van der Waals surface area (Å²) in [6.07, 6.45) is 0. The highest BCUT2D eigenvalue weighted by atomic mass is 32.3. The first-order valence-electron chi connectivity index (χ1n) is 3.29. The van der Waals surface area contributed by atoms with Gasteiger partial charge in [-0.25, -0.2) is 8.57 Å². The molecule has 13 heavy (non-hydrogen) atoms. The van der Waals surface area contributed by atoms with Gasteiger partial charge in [-0.05, 0) is 24.3 Å². The average Bonchev–Trinajstić information content (AvgIpc) is 2.09. The molecule has 1 aromatic carbocycles. The molecule has 0 heterocycles. The van der Waals surface area contributed by atoms with Gasteiger partial charge >= 0.3 is 10.4 Å². The highest BCUT2D eigenvalue weighted by Crippen LogP contribution is 2.13. The monoisotopic (exact) mass is 206 g/mol. The molecule has 1 rings (SSSR count). The van der Waals surface area contributed by atoms with E-state index in [0.717, 1.165) is 19.2 Å². The molecule has 4 nitrogen and oxygen atoms in total. The van der Waals surface area contributed by atoms with Gasteiger partial charge in [0.05, 0.1) is 7.11 Å². The van der Waals surface area contributed by atoms with Crippen LogP contribution in [0.4, 0.5) is 4.39 Å². The van der Waals surface area contributed by atoms with E-state index in [2.05, 4.69) is 8.37 Å². The molecule has 0 aliphatic rings. The molecule has 0 spiro atoms. The third-order valence-electron chi connectivity index (χ3n) is 1.22. The molecule has 0 radical (unpaired) electrons. The lowest BCUT2D eigenvalue weighted by Gasteiger charge is -2.02. The molecule has 0 fully saturated rings. The van der Waals surface area contributed by atoms with Crippen LogP contribution in [0.5, 0.6) is 5.75 Å². The van der Waals surface area contributed by atoms with E-state index in [-0.39, 0.29) is 5.75 Å². The lowest BCUT2D eigenvalue weighted by molar-refractivity contribution is 0.330. The van der Waals surface area contributed by atoms with Crippen LogP contribution in [0.25, 0.3) is 0 Å². The van der Waals surface area contributed by atoms with Crippen molar-refractivity contribution in [1.82, 2.24) is 0 Å². The Morgan fingerprint density at radius 2 is 1.77 bits per heavy atom. The van der Waals surface area contributed by atoms with Crippen molar-refractivity contribution in [2.45, 2.75) is 0 Å². The van der Waals surface area contributed by atoms with Gasteiger partial charge in [0, 0.05) is 0 Å². The number of halogens is 1. The predicted octanol–water partition coefficient (Wildman–Crippen LogP) is 1.10. The fraction of sp³-hybridized carbons (Fsp3) is 0.143. The Labute approximate surface area is 75.2 Å². The molecule has 1 aromatic rings. The zero-order valence-corrected chi connectivity index (χ0v) is 7.55. The molecule has 0 N–H and O–H groups in total. The number of rotatable bonds is 3. The van der Waals surface area contributed by atoms with Gasteiger partial charge in [-0.3, -0.25) is 0 Å². The van der Waals surface area contributed by atoms with Crippen molar-refractivity contribution in [3.63, 3.8) is 0 Å². The molecule has 72 valence electrons. The zero-order valence-electron chi connectivity index (χ0n) is 6.73. The Bertz CT molecular complexity index is 370. The van der Waals surface area contributed by atoms with E-state index in [9.17, 15) is 12.8 Å². The Kier molecular flexibility index (Phi) is 2.84. The quantitative estimate of drug-likeness (QED) is 0.743. The fourth-order valence-corrected chi connectivity index (χ4v) is 1.06. The van der Waals surface area contributed by atoms with E-state index in [0.29, 0.717) is 0 Å². The number of hydrogen-bond acceptors (Lipinski definition) is 4. The Hall–Kier alpha value is -1.14. The van der Waals surface area contributed by atoms with Crippen LogP contribution in [0.2, 0.25) is 0 Å². The van der Waals surface area contributed by atoms with Gasteiger partial charge in [-0.15, -0.1) is 0 Å². The lowest BCUT2D eigenvalue weighted by atomic mass is 10.3. The molecule has 6 heteroatoms. The van der Waals surface area contributed by atoms with Gasteiger partial charge in [0.1, 0.15) is 11.6 Å². The summed E-state index contributed by atoms with van der Waals surface area (Å²) < 4.78 is 42.2. The maximum absolute atomic E-state index is 12.4. The minimum absolute atomic E-state index is 0.00301. The van der Waals surface area contributed by atoms with Crippen molar-refractivity contribution in [3.8, 4) is 5.75 Å².